The third-order valence-corrected chi connectivity index (χ3v) is 7.63. The van der Waals surface area contributed by atoms with Crippen LogP contribution in [-0.2, 0) is 22.6 Å². The van der Waals surface area contributed by atoms with Crippen LogP contribution in [0.5, 0.6) is 5.75 Å². The lowest BCUT2D eigenvalue weighted by Gasteiger charge is -2.44. The molecule has 1 aliphatic heterocycles. The molecule has 1 heterocycles. The molecule has 0 bridgehead atoms. The van der Waals surface area contributed by atoms with Gasteiger partial charge in [0.1, 0.15) is 12.4 Å². The van der Waals surface area contributed by atoms with Crippen molar-refractivity contribution in [1.29, 1.82) is 0 Å². The fourth-order valence-electron chi connectivity index (χ4n) is 5.35. The molecule has 0 amide bonds. The van der Waals surface area contributed by atoms with Crippen LogP contribution in [0, 0.1) is 11.8 Å². The van der Waals surface area contributed by atoms with Crippen LogP contribution < -0.4 is 4.74 Å². The molecule has 4 nitrogen and oxygen atoms in total. The molecule has 3 aromatic rings. The highest BCUT2D eigenvalue weighted by Crippen LogP contribution is 2.50. The Bertz CT molecular complexity index is 1300. The number of ether oxygens (including phenoxy) is 2. The zero-order valence-corrected chi connectivity index (χ0v) is 23.5. The normalized spacial score (nSPS) is 21.3. The summed E-state index contributed by atoms with van der Waals surface area (Å²) in [6.45, 7) is 11.0. The van der Waals surface area contributed by atoms with Crippen molar-refractivity contribution in [3.05, 3.63) is 111 Å². The SMILES string of the molecule is C=C(C)[C@H]1C[C@H](c2cccc(Cl)c2)[C@H](C(C)C)O[C@@H]1c1cc(CC(=O)O)ccc1OCc1cccc(Cl)c1. The van der Waals surface area contributed by atoms with Crippen molar-refractivity contribution in [1.82, 2.24) is 0 Å². The largest absolute Gasteiger partial charge is 0.489 e. The Morgan fingerprint density at radius 1 is 1.05 bits per heavy atom. The molecule has 200 valence electrons. The van der Waals surface area contributed by atoms with Gasteiger partial charge in [0.2, 0.25) is 0 Å². The quantitative estimate of drug-likeness (QED) is 0.270. The van der Waals surface area contributed by atoms with Crippen LogP contribution in [0.25, 0.3) is 0 Å². The molecule has 1 aliphatic rings. The summed E-state index contributed by atoms with van der Waals surface area (Å²) in [7, 11) is 0. The minimum absolute atomic E-state index is 0.00239. The number of carbonyl (C=O) groups is 1. The maximum absolute atomic E-state index is 11.5. The molecule has 0 saturated carbocycles. The molecule has 0 spiro atoms. The molecule has 4 rings (SSSR count). The van der Waals surface area contributed by atoms with E-state index in [0.29, 0.717) is 28.0 Å². The van der Waals surface area contributed by atoms with Crippen LogP contribution in [0.4, 0.5) is 0 Å². The molecule has 4 atom stereocenters. The second-order valence-corrected chi connectivity index (χ2v) is 11.3. The van der Waals surface area contributed by atoms with Gasteiger partial charge in [0.25, 0.3) is 0 Å². The summed E-state index contributed by atoms with van der Waals surface area (Å²) < 4.78 is 13.2. The van der Waals surface area contributed by atoms with Gasteiger partial charge in [-0.3, -0.25) is 4.79 Å². The summed E-state index contributed by atoms with van der Waals surface area (Å²) in [6.07, 6.45) is 0.349. The molecule has 0 radical (unpaired) electrons. The van der Waals surface area contributed by atoms with E-state index in [9.17, 15) is 9.90 Å². The van der Waals surface area contributed by atoms with Gasteiger partial charge in [-0.15, -0.1) is 0 Å². The lowest BCUT2D eigenvalue weighted by molar-refractivity contribution is -0.136. The Hall–Kier alpha value is -2.79. The summed E-state index contributed by atoms with van der Waals surface area (Å²) in [5.41, 5.74) is 4.64. The summed E-state index contributed by atoms with van der Waals surface area (Å²) in [5.74, 6) is 0.169. The van der Waals surface area contributed by atoms with E-state index < -0.39 is 5.97 Å². The molecular weight excluding hydrogens is 519 g/mol. The summed E-state index contributed by atoms with van der Waals surface area (Å²) in [4.78, 5) is 11.5. The van der Waals surface area contributed by atoms with E-state index in [-0.39, 0.29) is 36.4 Å². The number of benzene rings is 3. The predicted octanol–water partition coefficient (Wildman–Crippen LogP) is 8.66. The van der Waals surface area contributed by atoms with Gasteiger partial charge in [-0.2, -0.15) is 0 Å². The number of carboxylic acid groups (broad SMARTS) is 1. The Kier molecular flexibility index (Phi) is 9.19. The van der Waals surface area contributed by atoms with Crippen molar-refractivity contribution in [3.8, 4) is 5.75 Å². The maximum atomic E-state index is 11.5. The molecule has 6 heteroatoms. The number of carboxylic acids is 1. The minimum Gasteiger partial charge on any atom is -0.489 e. The van der Waals surface area contributed by atoms with Crippen molar-refractivity contribution in [2.45, 2.75) is 58.3 Å². The summed E-state index contributed by atoms with van der Waals surface area (Å²) >= 11 is 12.5. The van der Waals surface area contributed by atoms with Gasteiger partial charge in [-0.25, -0.2) is 0 Å². The van der Waals surface area contributed by atoms with Gasteiger partial charge in [0.15, 0.2) is 0 Å². The predicted molar refractivity (Wildman–Crippen MR) is 153 cm³/mol. The van der Waals surface area contributed by atoms with Gasteiger partial charge in [0, 0.05) is 27.4 Å². The zero-order chi connectivity index (χ0) is 27.4. The first-order valence-electron chi connectivity index (χ1n) is 12.9. The minimum atomic E-state index is -0.884. The Morgan fingerprint density at radius 2 is 1.76 bits per heavy atom. The van der Waals surface area contributed by atoms with Crippen LogP contribution in [0.1, 0.15) is 61.5 Å². The maximum Gasteiger partial charge on any atom is 0.307 e. The van der Waals surface area contributed by atoms with Crippen LogP contribution in [0.15, 0.2) is 78.9 Å². The average Bonchev–Trinajstić information content (AvgIpc) is 2.86. The van der Waals surface area contributed by atoms with Gasteiger partial charge < -0.3 is 14.6 Å². The van der Waals surface area contributed by atoms with E-state index in [1.54, 1.807) is 6.07 Å². The first-order valence-corrected chi connectivity index (χ1v) is 13.7. The van der Waals surface area contributed by atoms with Gasteiger partial charge in [0.05, 0.1) is 18.6 Å². The highest BCUT2D eigenvalue weighted by Gasteiger charge is 2.42. The summed E-state index contributed by atoms with van der Waals surface area (Å²) in [6, 6.07) is 21.1. The monoisotopic (exact) mass is 552 g/mol. The van der Waals surface area contributed by atoms with Crippen LogP contribution in [-0.4, -0.2) is 17.2 Å². The van der Waals surface area contributed by atoms with Crippen LogP contribution >= 0.6 is 23.2 Å². The Morgan fingerprint density at radius 3 is 2.39 bits per heavy atom. The number of halogens is 2. The third kappa shape index (κ3) is 6.79. The smallest absolute Gasteiger partial charge is 0.307 e. The third-order valence-electron chi connectivity index (χ3n) is 7.16. The number of hydrogen-bond donors (Lipinski definition) is 1. The van der Waals surface area contributed by atoms with E-state index >= 15 is 0 Å². The topological polar surface area (TPSA) is 55.8 Å². The van der Waals surface area contributed by atoms with Gasteiger partial charge in [-0.1, -0.05) is 79.5 Å². The fourth-order valence-corrected chi connectivity index (χ4v) is 5.76. The van der Waals surface area contributed by atoms with Gasteiger partial charge >= 0.3 is 5.97 Å². The van der Waals surface area contributed by atoms with E-state index in [1.165, 1.54) is 0 Å². The van der Waals surface area contributed by atoms with Crippen LogP contribution in [0.3, 0.4) is 0 Å². The highest BCUT2D eigenvalue weighted by molar-refractivity contribution is 6.30. The second kappa shape index (κ2) is 12.4. The van der Waals surface area contributed by atoms with Crippen molar-refractivity contribution >= 4 is 29.2 Å². The van der Waals surface area contributed by atoms with E-state index in [4.69, 9.17) is 32.7 Å². The fraction of sp³-hybridized carbons (Fsp3) is 0.344. The van der Waals surface area contributed by atoms with Gasteiger partial charge in [-0.05, 0) is 72.4 Å². The number of rotatable bonds is 9. The van der Waals surface area contributed by atoms with E-state index in [0.717, 1.165) is 28.7 Å². The van der Waals surface area contributed by atoms with Crippen LogP contribution in [0.2, 0.25) is 10.0 Å². The zero-order valence-electron chi connectivity index (χ0n) is 22.0. The summed E-state index contributed by atoms with van der Waals surface area (Å²) in [5, 5.41) is 10.8. The van der Waals surface area contributed by atoms with E-state index in [1.807, 2.05) is 61.5 Å². The molecule has 1 saturated heterocycles. The Labute approximate surface area is 235 Å². The van der Waals surface area contributed by atoms with Crippen molar-refractivity contribution in [3.63, 3.8) is 0 Å². The molecule has 1 fully saturated rings. The first kappa shape index (κ1) is 28.2. The van der Waals surface area contributed by atoms with Crippen molar-refractivity contribution in [2.75, 3.05) is 0 Å². The lowest BCUT2D eigenvalue weighted by atomic mass is 9.73. The molecule has 0 unspecified atom stereocenters. The number of aliphatic carboxylic acids is 1. The lowest BCUT2D eigenvalue weighted by Crippen LogP contribution is -2.39. The van der Waals surface area contributed by atoms with E-state index in [2.05, 4.69) is 26.5 Å². The van der Waals surface area contributed by atoms with Crippen molar-refractivity contribution < 1.29 is 19.4 Å². The first-order chi connectivity index (χ1) is 18.1. The molecule has 38 heavy (non-hydrogen) atoms. The second-order valence-electron chi connectivity index (χ2n) is 10.5. The average molecular weight is 554 g/mol. The standard InChI is InChI=1S/C32H34Cl2O4/c1-19(2)26-17-27(23-8-6-10-25(34)16-23)31(20(3)4)38-32(26)28-14-21(15-30(35)36)11-12-29(28)37-18-22-7-5-9-24(33)13-22/h5-14,16,20,26-27,31-32H,1,15,17-18H2,2-4H3,(H,35,36)/t26-,27-,31+,32+/m1/s1. The molecule has 3 aromatic carbocycles. The highest BCUT2D eigenvalue weighted by atomic mass is 35.5. The molecule has 0 aromatic heterocycles. The molecule has 0 aliphatic carbocycles. The van der Waals surface area contributed by atoms with Crippen molar-refractivity contribution in [2.24, 2.45) is 11.8 Å². The Balaban J connectivity index is 1.73. The molecule has 1 N–H and O–H groups in total. The number of hydrogen-bond acceptors (Lipinski definition) is 3. The molecular formula is C32H34Cl2O4.